The van der Waals surface area contributed by atoms with Gasteiger partial charge in [0.1, 0.15) is 24.8 Å². The average Bonchev–Trinajstić information content (AvgIpc) is 3.25. The van der Waals surface area contributed by atoms with Gasteiger partial charge in [-0.25, -0.2) is 9.48 Å². The second kappa shape index (κ2) is 11.7. The number of amides is 1. The summed E-state index contributed by atoms with van der Waals surface area (Å²) in [5.41, 5.74) is 0.0844. The van der Waals surface area contributed by atoms with Gasteiger partial charge in [-0.05, 0) is 49.6 Å². The molecule has 0 radical (unpaired) electrons. The number of nitrogens with zero attached hydrogens (tertiary/aromatic N) is 4. The van der Waals surface area contributed by atoms with Gasteiger partial charge >= 0.3 is 12.1 Å². The molecule has 1 amide bonds. The van der Waals surface area contributed by atoms with E-state index in [0.717, 1.165) is 31.2 Å². The van der Waals surface area contributed by atoms with Gasteiger partial charge in [-0.15, -0.1) is 5.10 Å². The second-order valence-corrected chi connectivity index (χ2v) is 9.55. The van der Waals surface area contributed by atoms with Gasteiger partial charge in [0.2, 0.25) is 0 Å². The molecule has 1 atom stereocenters. The number of tetrazole rings is 1. The smallest absolute Gasteiger partial charge is 0.408 e. The van der Waals surface area contributed by atoms with Crippen LogP contribution in [0.2, 0.25) is 0 Å². The number of rotatable bonds is 9. The lowest BCUT2D eigenvalue weighted by Crippen LogP contribution is -2.45. The summed E-state index contributed by atoms with van der Waals surface area (Å²) in [6.45, 7) is 5.09. The molecule has 1 unspecified atom stereocenters. The van der Waals surface area contributed by atoms with Crippen LogP contribution in [0, 0.1) is 0 Å². The van der Waals surface area contributed by atoms with Gasteiger partial charge in [0.15, 0.2) is 11.6 Å². The molecule has 1 N–H and O–H groups in total. The lowest BCUT2D eigenvalue weighted by Gasteiger charge is -2.23. The fourth-order valence-electron chi connectivity index (χ4n) is 3.94. The number of aromatic nitrogens is 4. The highest BCUT2D eigenvalue weighted by Crippen LogP contribution is 2.31. The first-order valence-corrected chi connectivity index (χ1v) is 11.7. The summed E-state index contributed by atoms with van der Waals surface area (Å²) < 4.78 is 12.1. The highest BCUT2D eigenvalue weighted by molar-refractivity contribution is 5.91. The molecule has 1 heterocycles. The van der Waals surface area contributed by atoms with E-state index < -0.39 is 29.5 Å². The van der Waals surface area contributed by atoms with Crippen LogP contribution < -0.4 is 5.32 Å². The monoisotopic (exact) mass is 471 g/mol. The number of hydrogen-bond acceptors (Lipinski definition) is 8. The molecule has 0 aliphatic heterocycles. The molecule has 34 heavy (non-hydrogen) atoms. The molecule has 1 saturated carbocycles. The summed E-state index contributed by atoms with van der Waals surface area (Å²) in [4.78, 5) is 38.0. The molecule has 0 saturated heterocycles. The van der Waals surface area contributed by atoms with E-state index in [4.69, 9.17) is 9.47 Å². The minimum absolute atomic E-state index is 0.0405. The van der Waals surface area contributed by atoms with E-state index in [0.29, 0.717) is 5.82 Å². The number of nitrogens with one attached hydrogen (secondary N) is 1. The Morgan fingerprint density at radius 2 is 1.82 bits per heavy atom. The molecule has 2 aromatic rings. The number of esters is 1. The molecule has 1 aromatic heterocycles. The maximum atomic E-state index is 13.2. The Bertz CT molecular complexity index is 964. The van der Waals surface area contributed by atoms with E-state index in [9.17, 15) is 14.4 Å². The van der Waals surface area contributed by atoms with Crippen LogP contribution in [0.3, 0.4) is 0 Å². The standard InChI is InChI=1S/C24H33N5O5/c1-24(2,3)34-21(31)14-19(25-23(32)33-16-17-10-6-4-7-11-17)20(30)15-29-22(26-27-28-29)18-12-8-5-9-13-18/h4,6-7,10-11,18-19H,5,8-9,12-16H2,1-3H3,(H,25,32). The van der Waals surface area contributed by atoms with E-state index in [1.54, 1.807) is 20.8 Å². The van der Waals surface area contributed by atoms with Crippen molar-refractivity contribution in [3.8, 4) is 0 Å². The molecule has 10 heteroatoms. The average molecular weight is 472 g/mol. The van der Waals surface area contributed by atoms with Crippen molar-refractivity contribution in [2.24, 2.45) is 0 Å². The van der Waals surface area contributed by atoms with Crippen LogP contribution in [0.4, 0.5) is 4.79 Å². The predicted molar refractivity (Wildman–Crippen MR) is 123 cm³/mol. The van der Waals surface area contributed by atoms with Crippen molar-refractivity contribution in [3.05, 3.63) is 41.7 Å². The van der Waals surface area contributed by atoms with Gasteiger partial charge in [-0.2, -0.15) is 0 Å². The summed E-state index contributed by atoms with van der Waals surface area (Å²) in [6, 6.07) is 8.03. The van der Waals surface area contributed by atoms with Gasteiger partial charge in [0.05, 0.1) is 6.42 Å². The lowest BCUT2D eigenvalue weighted by molar-refractivity contribution is -0.156. The van der Waals surface area contributed by atoms with Gasteiger partial charge < -0.3 is 14.8 Å². The van der Waals surface area contributed by atoms with Crippen LogP contribution >= 0.6 is 0 Å². The van der Waals surface area contributed by atoms with Crippen molar-refractivity contribution < 1.29 is 23.9 Å². The Labute approximate surface area is 199 Å². The molecule has 184 valence electrons. The maximum Gasteiger partial charge on any atom is 0.408 e. The normalized spacial score (nSPS) is 15.4. The van der Waals surface area contributed by atoms with E-state index in [1.807, 2.05) is 30.3 Å². The lowest BCUT2D eigenvalue weighted by atomic mass is 9.89. The Balaban J connectivity index is 1.67. The van der Waals surface area contributed by atoms with Crippen molar-refractivity contribution in [1.82, 2.24) is 25.5 Å². The first-order valence-electron chi connectivity index (χ1n) is 11.7. The van der Waals surface area contributed by atoms with E-state index in [-0.39, 0.29) is 25.5 Å². The Kier molecular flexibility index (Phi) is 8.72. The number of carbonyl (C=O) groups is 3. The first-order chi connectivity index (χ1) is 16.2. The summed E-state index contributed by atoms with van der Waals surface area (Å²) in [5.74, 6) is -0.148. The third-order valence-electron chi connectivity index (χ3n) is 5.52. The number of ether oxygens (including phenoxy) is 2. The number of alkyl carbamates (subject to hydrolysis) is 1. The molecule has 1 fully saturated rings. The van der Waals surface area contributed by atoms with E-state index in [2.05, 4.69) is 20.8 Å². The third kappa shape index (κ3) is 7.93. The van der Waals surface area contributed by atoms with Crippen LogP contribution in [-0.4, -0.2) is 49.7 Å². The van der Waals surface area contributed by atoms with Crippen LogP contribution in [0.15, 0.2) is 30.3 Å². The van der Waals surface area contributed by atoms with Crippen LogP contribution in [0.25, 0.3) is 0 Å². The maximum absolute atomic E-state index is 13.2. The van der Waals surface area contributed by atoms with Crippen molar-refractivity contribution in [2.75, 3.05) is 0 Å². The van der Waals surface area contributed by atoms with E-state index in [1.165, 1.54) is 11.1 Å². The molecule has 1 aromatic carbocycles. The number of Topliss-reactive ketones (excluding diaryl/α,β-unsaturated/α-hetero) is 1. The fourth-order valence-corrected chi connectivity index (χ4v) is 3.94. The fraction of sp³-hybridized carbons (Fsp3) is 0.583. The number of benzene rings is 1. The summed E-state index contributed by atoms with van der Waals surface area (Å²) in [6.07, 6.45) is 4.21. The van der Waals surface area contributed by atoms with Crippen molar-refractivity contribution >= 4 is 17.8 Å². The Hall–Kier alpha value is -3.30. The molecule has 0 spiro atoms. The SMILES string of the molecule is CC(C)(C)OC(=O)CC(NC(=O)OCc1ccccc1)C(=O)Cn1nnnc1C1CCCCC1. The number of carbonyl (C=O) groups excluding carboxylic acids is 3. The molecular weight excluding hydrogens is 438 g/mol. The zero-order valence-corrected chi connectivity index (χ0v) is 20.0. The summed E-state index contributed by atoms with van der Waals surface area (Å²) in [7, 11) is 0. The zero-order chi connectivity index (χ0) is 24.6. The second-order valence-electron chi connectivity index (χ2n) is 9.55. The minimum Gasteiger partial charge on any atom is -0.460 e. The Morgan fingerprint density at radius 3 is 2.50 bits per heavy atom. The van der Waals surface area contributed by atoms with E-state index >= 15 is 0 Å². The summed E-state index contributed by atoms with van der Waals surface area (Å²) in [5, 5.41) is 14.4. The molecule has 1 aliphatic rings. The van der Waals surface area contributed by atoms with Crippen molar-refractivity contribution in [3.63, 3.8) is 0 Å². The topological polar surface area (TPSA) is 125 Å². The van der Waals surface area contributed by atoms with Gasteiger partial charge in [0, 0.05) is 5.92 Å². The zero-order valence-electron chi connectivity index (χ0n) is 20.0. The van der Waals surface area contributed by atoms with Gasteiger partial charge in [-0.1, -0.05) is 49.6 Å². The van der Waals surface area contributed by atoms with Crippen LogP contribution in [0.5, 0.6) is 0 Å². The van der Waals surface area contributed by atoms with Crippen molar-refractivity contribution in [2.45, 2.75) is 90.0 Å². The van der Waals surface area contributed by atoms with Gasteiger partial charge in [0.25, 0.3) is 0 Å². The number of hydrogen-bond donors (Lipinski definition) is 1. The highest BCUT2D eigenvalue weighted by Gasteiger charge is 2.30. The Morgan fingerprint density at radius 1 is 1.12 bits per heavy atom. The van der Waals surface area contributed by atoms with Crippen LogP contribution in [0.1, 0.15) is 76.6 Å². The molecule has 3 rings (SSSR count). The minimum atomic E-state index is -1.14. The summed E-state index contributed by atoms with van der Waals surface area (Å²) >= 11 is 0. The van der Waals surface area contributed by atoms with Crippen LogP contribution in [-0.2, 0) is 32.2 Å². The largest absolute Gasteiger partial charge is 0.460 e. The van der Waals surface area contributed by atoms with Gasteiger partial charge in [-0.3, -0.25) is 9.59 Å². The highest BCUT2D eigenvalue weighted by atomic mass is 16.6. The molecular formula is C24H33N5O5. The predicted octanol–water partition coefficient (Wildman–Crippen LogP) is 3.32. The molecule has 10 nitrogen and oxygen atoms in total. The van der Waals surface area contributed by atoms with Crippen molar-refractivity contribution in [1.29, 1.82) is 0 Å². The number of ketones is 1. The quantitative estimate of drug-likeness (QED) is 0.552. The molecule has 1 aliphatic carbocycles. The third-order valence-corrected chi connectivity index (χ3v) is 5.52. The molecule has 0 bridgehead atoms. The first kappa shape index (κ1) is 25.3.